The zero-order valence-electron chi connectivity index (χ0n) is 6.36. The van der Waals surface area contributed by atoms with Crippen LogP contribution in [0.2, 0.25) is 0 Å². The SMILES string of the molecule is C=S1c2ccccc2C(=O)C1O. The highest BCUT2D eigenvalue weighted by molar-refractivity contribution is 8.15. The van der Waals surface area contributed by atoms with Crippen molar-refractivity contribution in [1.29, 1.82) is 0 Å². The number of aliphatic hydroxyl groups excluding tert-OH is 1. The third-order valence-electron chi connectivity index (χ3n) is 1.93. The van der Waals surface area contributed by atoms with Gasteiger partial charge in [0.1, 0.15) is 0 Å². The second kappa shape index (κ2) is 2.54. The summed E-state index contributed by atoms with van der Waals surface area (Å²) in [5.41, 5.74) is -0.286. The molecule has 2 atom stereocenters. The summed E-state index contributed by atoms with van der Waals surface area (Å²) in [7, 11) is -0.567. The fourth-order valence-corrected chi connectivity index (χ4v) is 2.61. The summed E-state index contributed by atoms with van der Waals surface area (Å²) in [6.45, 7) is 0. The molecular weight excluding hydrogens is 172 g/mol. The molecule has 1 heterocycles. The molecule has 0 spiro atoms. The second-order valence-electron chi connectivity index (χ2n) is 2.64. The minimum atomic E-state index is -0.914. The van der Waals surface area contributed by atoms with E-state index in [1.807, 2.05) is 12.1 Å². The lowest BCUT2D eigenvalue weighted by molar-refractivity contribution is 0.0874. The number of rotatable bonds is 0. The van der Waals surface area contributed by atoms with Crippen LogP contribution in [-0.2, 0) is 0 Å². The summed E-state index contributed by atoms with van der Waals surface area (Å²) < 4.78 is 0. The van der Waals surface area contributed by atoms with E-state index in [-0.39, 0.29) is 5.78 Å². The maximum Gasteiger partial charge on any atom is 0.202 e. The molecule has 1 aliphatic rings. The van der Waals surface area contributed by atoms with Crippen molar-refractivity contribution in [1.82, 2.24) is 0 Å². The first-order valence-corrected chi connectivity index (χ1v) is 5.01. The van der Waals surface area contributed by atoms with Gasteiger partial charge in [0.25, 0.3) is 0 Å². The molecule has 2 rings (SSSR count). The molecule has 0 bridgehead atoms. The Bertz CT molecular complexity index is 336. The molecule has 0 aromatic heterocycles. The summed E-state index contributed by atoms with van der Waals surface area (Å²) in [4.78, 5) is 12.2. The van der Waals surface area contributed by atoms with E-state index in [9.17, 15) is 9.90 Å². The standard InChI is InChI=1S/C9H8O2S/c1-12-7-5-3-2-4-6(7)8(10)9(12)11/h2-5,9,11H,1H2. The van der Waals surface area contributed by atoms with Crippen LogP contribution < -0.4 is 0 Å². The van der Waals surface area contributed by atoms with Gasteiger partial charge in [-0.15, -0.1) is 10.5 Å². The molecule has 1 aliphatic heterocycles. The Morgan fingerprint density at radius 3 is 2.75 bits per heavy atom. The number of hydrogen-bond donors (Lipinski definition) is 1. The molecule has 2 unspecified atom stereocenters. The number of ketones is 1. The Hall–Kier alpha value is -0.930. The van der Waals surface area contributed by atoms with Gasteiger partial charge in [0.15, 0.2) is 5.44 Å². The lowest BCUT2D eigenvalue weighted by atomic mass is 10.1. The highest BCUT2D eigenvalue weighted by Gasteiger charge is 2.30. The molecule has 0 fully saturated rings. The van der Waals surface area contributed by atoms with Crippen LogP contribution in [0.5, 0.6) is 0 Å². The third-order valence-corrected chi connectivity index (χ3v) is 3.60. The zero-order valence-corrected chi connectivity index (χ0v) is 7.17. The maximum absolute atomic E-state index is 11.3. The van der Waals surface area contributed by atoms with Gasteiger partial charge in [-0.25, -0.2) is 0 Å². The fourth-order valence-electron chi connectivity index (χ4n) is 1.28. The monoisotopic (exact) mass is 180 g/mol. The Kier molecular flexibility index (Phi) is 1.63. The van der Waals surface area contributed by atoms with E-state index in [0.717, 1.165) is 4.90 Å². The maximum atomic E-state index is 11.3. The van der Waals surface area contributed by atoms with E-state index >= 15 is 0 Å². The number of benzene rings is 1. The van der Waals surface area contributed by atoms with E-state index in [4.69, 9.17) is 0 Å². The minimum absolute atomic E-state index is 0.191. The van der Waals surface area contributed by atoms with Gasteiger partial charge in [0.2, 0.25) is 5.78 Å². The van der Waals surface area contributed by atoms with Crippen molar-refractivity contribution < 1.29 is 9.90 Å². The van der Waals surface area contributed by atoms with Gasteiger partial charge in [-0.2, -0.15) is 0 Å². The van der Waals surface area contributed by atoms with E-state index in [1.165, 1.54) is 0 Å². The lowest BCUT2D eigenvalue weighted by Gasteiger charge is -2.00. The predicted octanol–water partition coefficient (Wildman–Crippen LogP) is 1.26. The normalized spacial score (nSPS) is 27.2. The number of fused-ring (bicyclic) bond motifs is 1. The van der Waals surface area contributed by atoms with Crippen molar-refractivity contribution in [3.8, 4) is 0 Å². The highest BCUT2D eigenvalue weighted by atomic mass is 32.2. The van der Waals surface area contributed by atoms with Crippen molar-refractivity contribution in [2.45, 2.75) is 10.3 Å². The number of hydrogen-bond acceptors (Lipinski definition) is 2. The van der Waals surface area contributed by atoms with Crippen LogP contribution >= 0.6 is 10.5 Å². The van der Waals surface area contributed by atoms with Gasteiger partial charge in [0, 0.05) is 10.5 Å². The van der Waals surface area contributed by atoms with Gasteiger partial charge in [0.05, 0.1) is 0 Å². The van der Waals surface area contributed by atoms with Crippen molar-refractivity contribution in [2.24, 2.45) is 0 Å². The van der Waals surface area contributed by atoms with Gasteiger partial charge < -0.3 is 5.11 Å². The third kappa shape index (κ3) is 0.869. The van der Waals surface area contributed by atoms with Crippen LogP contribution in [0.4, 0.5) is 0 Å². The van der Waals surface area contributed by atoms with Crippen LogP contribution in [0, 0.1) is 0 Å². The van der Waals surface area contributed by atoms with Crippen molar-refractivity contribution in [2.75, 3.05) is 0 Å². The molecule has 0 amide bonds. The predicted molar refractivity (Wildman–Crippen MR) is 49.8 cm³/mol. The Balaban J connectivity index is 2.67. The fraction of sp³-hybridized carbons (Fsp3) is 0.111. The Labute approximate surface area is 72.8 Å². The lowest BCUT2D eigenvalue weighted by Crippen LogP contribution is -2.10. The van der Waals surface area contributed by atoms with E-state index in [0.29, 0.717) is 5.56 Å². The summed E-state index contributed by atoms with van der Waals surface area (Å²) in [6, 6.07) is 7.24. The molecule has 1 aromatic carbocycles. The zero-order chi connectivity index (χ0) is 8.72. The first-order chi connectivity index (χ1) is 5.72. The van der Waals surface area contributed by atoms with Crippen LogP contribution in [0.25, 0.3) is 0 Å². The Morgan fingerprint density at radius 1 is 1.42 bits per heavy atom. The number of carbonyl (C=O) groups excluding carboxylic acids is 1. The summed E-state index contributed by atoms with van der Waals surface area (Å²) >= 11 is 0. The largest absolute Gasteiger partial charge is 0.375 e. The topological polar surface area (TPSA) is 37.3 Å². The van der Waals surface area contributed by atoms with Crippen LogP contribution in [0.3, 0.4) is 0 Å². The molecule has 0 radical (unpaired) electrons. The highest BCUT2D eigenvalue weighted by Crippen LogP contribution is 2.39. The van der Waals surface area contributed by atoms with E-state index in [1.54, 1.807) is 12.1 Å². The van der Waals surface area contributed by atoms with E-state index < -0.39 is 15.9 Å². The Morgan fingerprint density at radius 2 is 2.08 bits per heavy atom. The smallest absolute Gasteiger partial charge is 0.202 e. The second-order valence-corrected chi connectivity index (χ2v) is 4.39. The molecule has 12 heavy (non-hydrogen) atoms. The number of aliphatic hydroxyl groups is 1. The van der Waals surface area contributed by atoms with Crippen molar-refractivity contribution in [3.63, 3.8) is 0 Å². The van der Waals surface area contributed by atoms with Crippen LogP contribution in [0.1, 0.15) is 10.4 Å². The molecule has 1 N–H and O–H groups in total. The molecule has 0 aliphatic carbocycles. The first kappa shape index (κ1) is 7.71. The molecule has 62 valence electrons. The quantitative estimate of drug-likeness (QED) is 0.610. The van der Waals surface area contributed by atoms with Gasteiger partial charge in [-0.3, -0.25) is 4.79 Å². The minimum Gasteiger partial charge on any atom is -0.375 e. The average Bonchev–Trinajstić information content (AvgIpc) is 2.33. The molecule has 3 heteroatoms. The molecule has 0 saturated heterocycles. The molecule has 2 nitrogen and oxygen atoms in total. The van der Waals surface area contributed by atoms with Gasteiger partial charge in [-0.05, 0) is 6.07 Å². The van der Waals surface area contributed by atoms with Crippen LogP contribution in [0.15, 0.2) is 29.2 Å². The van der Waals surface area contributed by atoms with Gasteiger partial charge >= 0.3 is 0 Å². The average molecular weight is 180 g/mol. The molecular formula is C9H8O2S. The van der Waals surface area contributed by atoms with Crippen molar-refractivity contribution >= 4 is 22.1 Å². The molecule has 0 saturated carbocycles. The first-order valence-electron chi connectivity index (χ1n) is 3.56. The van der Waals surface area contributed by atoms with Gasteiger partial charge in [-0.1, -0.05) is 24.1 Å². The summed E-state index contributed by atoms with van der Waals surface area (Å²) in [6.07, 6.45) is 0. The summed E-state index contributed by atoms with van der Waals surface area (Å²) in [5, 5.41) is 9.39. The molecule has 1 aromatic rings. The van der Waals surface area contributed by atoms with Crippen molar-refractivity contribution in [3.05, 3.63) is 29.8 Å². The van der Waals surface area contributed by atoms with Crippen LogP contribution in [-0.4, -0.2) is 22.2 Å². The van der Waals surface area contributed by atoms with E-state index in [2.05, 4.69) is 5.87 Å². The number of Topliss-reactive ketones (excluding diaryl/α,β-unsaturated/α-hetero) is 1. The number of carbonyl (C=O) groups is 1. The summed E-state index contributed by atoms with van der Waals surface area (Å²) in [5.74, 6) is 3.58.